The highest BCUT2D eigenvalue weighted by molar-refractivity contribution is 5.63. The van der Waals surface area contributed by atoms with E-state index in [2.05, 4.69) is 10.4 Å². The van der Waals surface area contributed by atoms with Gasteiger partial charge in [-0.25, -0.2) is 0 Å². The molecule has 2 aromatic rings. The Balaban J connectivity index is 2.27. The lowest BCUT2D eigenvalue weighted by atomic mass is 10.2. The first kappa shape index (κ1) is 14.7. The number of anilines is 2. The highest BCUT2D eigenvalue weighted by atomic mass is 16.6. The third-order valence-electron chi connectivity index (χ3n) is 3.07. The van der Waals surface area contributed by atoms with Gasteiger partial charge in [0.05, 0.1) is 22.8 Å². The minimum Gasteiger partial charge on any atom is -0.368 e. The predicted octanol–water partition coefficient (Wildman–Crippen LogP) is 2.22. The molecule has 0 amide bonds. The highest BCUT2D eigenvalue weighted by Crippen LogP contribution is 2.26. The number of nitro groups is 1. The highest BCUT2D eigenvalue weighted by Gasteiger charge is 2.12. The third-order valence-corrected chi connectivity index (χ3v) is 3.07. The molecule has 21 heavy (non-hydrogen) atoms. The summed E-state index contributed by atoms with van der Waals surface area (Å²) in [5.41, 5.74) is 5.45. The van der Waals surface area contributed by atoms with Gasteiger partial charge in [0.2, 0.25) is 0 Å². The van der Waals surface area contributed by atoms with Crippen molar-refractivity contribution in [3.63, 3.8) is 0 Å². The second-order valence-corrected chi connectivity index (χ2v) is 4.77. The number of nitro benzene ring substituents is 1. The lowest BCUT2D eigenvalue weighted by Crippen LogP contribution is -2.18. The fraction of sp³-hybridized carbons (Fsp3) is 0.214. The van der Waals surface area contributed by atoms with Crippen LogP contribution in [0.15, 0.2) is 36.4 Å². The Morgan fingerprint density at radius 3 is 2.76 bits per heavy atom. The Bertz CT molecular complexity index is 660. The minimum atomic E-state index is -0.441. The van der Waals surface area contributed by atoms with Crippen LogP contribution in [0.2, 0.25) is 0 Å². The van der Waals surface area contributed by atoms with Gasteiger partial charge in [-0.05, 0) is 25.1 Å². The molecule has 0 fully saturated rings. The Morgan fingerprint density at radius 1 is 1.38 bits per heavy atom. The molecule has 0 aliphatic heterocycles. The van der Waals surface area contributed by atoms with Gasteiger partial charge < -0.3 is 10.3 Å². The van der Waals surface area contributed by atoms with Crippen LogP contribution in [0.1, 0.15) is 11.4 Å². The van der Waals surface area contributed by atoms with E-state index in [9.17, 15) is 10.1 Å². The SMILES string of the molecule is Cc1cccc(CN(C)c2cc(NN)cc([N+](=O)[O-])c2)n1. The molecule has 0 radical (unpaired) electrons. The molecule has 0 aliphatic carbocycles. The van der Waals surface area contributed by atoms with E-state index in [0.717, 1.165) is 11.4 Å². The first-order chi connectivity index (χ1) is 9.99. The van der Waals surface area contributed by atoms with Crippen LogP contribution >= 0.6 is 0 Å². The van der Waals surface area contributed by atoms with Crippen molar-refractivity contribution in [2.24, 2.45) is 5.84 Å². The number of pyridine rings is 1. The quantitative estimate of drug-likeness (QED) is 0.497. The summed E-state index contributed by atoms with van der Waals surface area (Å²) in [7, 11) is 1.85. The molecule has 0 saturated heterocycles. The van der Waals surface area contributed by atoms with Crippen molar-refractivity contribution < 1.29 is 4.92 Å². The number of nitrogen functional groups attached to an aromatic ring is 1. The topological polar surface area (TPSA) is 97.3 Å². The standard InChI is InChI=1S/C14H17N5O2/c1-10-4-3-5-11(16-10)9-18(2)13-6-12(17-15)7-14(8-13)19(20)21/h3-8,17H,9,15H2,1-2H3. The van der Waals surface area contributed by atoms with Crippen LogP contribution in [0.5, 0.6) is 0 Å². The minimum absolute atomic E-state index is 0.00972. The van der Waals surface area contributed by atoms with Crippen LogP contribution in [0.25, 0.3) is 0 Å². The van der Waals surface area contributed by atoms with Gasteiger partial charge in [0.25, 0.3) is 5.69 Å². The van der Waals surface area contributed by atoms with Crippen molar-refractivity contribution in [1.29, 1.82) is 0 Å². The van der Waals surface area contributed by atoms with Crippen LogP contribution in [0.4, 0.5) is 17.1 Å². The van der Waals surface area contributed by atoms with Crippen LogP contribution < -0.4 is 16.2 Å². The number of hydrazine groups is 1. The average molecular weight is 287 g/mol. The summed E-state index contributed by atoms with van der Waals surface area (Å²) in [6.07, 6.45) is 0. The molecule has 110 valence electrons. The number of nitrogens with two attached hydrogens (primary N) is 1. The van der Waals surface area contributed by atoms with Crippen molar-refractivity contribution in [2.45, 2.75) is 13.5 Å². The lowest BCUT2D eigenvalue weighted by Gasteiger charge is -2.19. The number of benzene rings is 1. The summed E-state index contributed by atoms with van der Waals surface area (Å²) < 4.78 is 0. The normalized spacial score (nSPS) is 10.2. The Labute approximate surface area is 122 Å². The number of rotatable bonds is 5. The van der Waals surface area contributed by atoms with Gasteiger partial charge in [-0.1, -0.05) is 6.07 Å². The molecule has 0 aliphatic rings. The first-order valence-corrected chi connectivity index (χ1v) is 6.39. The van der Waals surface area contributed by atoms with Crippen molar-refractivity contribution in [1.82, 2.24) is 4.98 Å². The number of non-ortho nitro benzene ring substituents is 1. The van der Waals surface area contributed by atoms with Crippen molar-refractivity contribution in [2.75, 3.05) is 17.4 Å². The van der Waals surface area contributed by atoms with Crippen molar-refractivity contribution in [3.8, 4) is 0 Å². The maximum Gasteiger partial charge on any atom is 0.273 e. The molecule has 7 nitrogen and oxygen atoms in total. The van der Waals surface area contributed by atoms with Crippen LogP contribution in [0, 0.1) is 17.0 Å². The molecule has 1 aromatic heterocycles. The largest absolute Gasteiger partial charge is 0.368 e. The number of hydrogen-bond acceptors (Lipinski definition) is 6. The van der Waals surface area contributed by atoms with Gasteiger partial charge in [0.15, 0.2) is 0 Å². The maximum absolute atomic E-state index is 11.0. The van der Waals surface area contributed by atoms with E-state index in [1.165, 1.54) is 12.1 Å². The van der Waals surface area contributed by atoms with Crippen molar-refractivity contribution in [3.05, 3.63) is 57.9 Å². The summed E-state index contributed by atoms with van der Waals surface area (Å²) in [6.45, 7) is 2.47. The van der Waals surface area contributed by atoms with E-state index in [1.807, 2.05) is 37.1 Å². The number of aromatic nitrogens is 1. The summed E-state index contributed by atoms with van der Waals surface area (Å²) >= 11 is 0. The fourth-order valence-electron chi connectivity index (χ4n) is 2.03. The summed E-state index contributed by atoms with van der Waals surface area (Å²) in [5, 5.41) is 11.0. The van der Waals surface area contributed by atoms with Gasteiger partial charge >= 0.3 is 0 Å². The smallest absolute Gasteiger partial charge is 0.273 e. The monoisotopic (exact) mass is 287 g/mol. The molecular formula is C14H17N5O2. The number of nitrogens with one attached hydrogen (secondary N) is 1. The number of aryl methyl sites for hydroxylation is 1. The Hall–Kier alpha value is -2.67. The maximum atomic E-state index is 11.0. The molecular weight excluding hydrogens is 270 g/mol. The molecule has 7 heteroatoms. The van der Waals surface area contributed by atoms with Crippen LogP contribution in [0.3, 0.4) is 0 Å². The Kier molecular flexibility index (Phi) is 4.34. The third kappa shape index (κ3) is 3.67. The van der Waals surface area contributed by atoms with E-state index < -0.39 is 4.92 Å². The molecule has 1 heterocycles. The molecule has 3 N–H and O–H groups in total. The zero-order chi connectivity index (χ0) is 15.4. The van der Waals surface area contributed by atoms with E-state index in [4.69, 9.17) is 5.84 Å². The van der Waals surface area contributed by atoms with Gasteiger partial charge in [-0.3, -0.25) is 20.9 Å². The van der Waals surface area contributed by atoms with E-state index in [-0.39, 0.29) is 5.69 Å². The molecule has 0 spiro atoms. The van der Waals surface area contributed by atoms with E-state index >= 15 is 0 Å². The van der Waals surface area contributed by atoms with Gasteiger partial charge in [-0.2, -0.15) is 0 Å². The van der Waals surface area contributed by atoms with Crippen LogP contribution in [-0.2, 0) is 6.54 Å². The molecule has 0 atom stereocenters. The second-order valence-electron chi connectivity index (χ2n) is 4.77. The summed E-state index contributed by atoms with van der Waals surface area (Å²) in [4.78, 5) is 16.8. The number of nitrogens with zero attached hydrogens (tertiary/aromatic N) is 3. The zero-order valence-electron chi connectivity index (χ0n) is 11.9. The van der Waals surface area contributed by atoms with Gasteiger partial charge in [-0.15, -0.1) is 0 Å². The first-order valence-electron chi connectivity index (χ1n) is 6.39. The van der Waals surface area contributed by atoms with E-state index in [1.54, 1.807) is 6.07 Å². The number of hydrogen-bond donors (Lipinski definition) is 2. The molecule has 1 aromatic carbocycles. The molecule has 0 bridgehead atoms. The summed E-state index contributed by atoms with van der Waals surface area (Å²) in [6, 6.07) is 10.4. The van der Waals surface area contributed by atoms with E-state index in [0.29, 0.717) is 17.9 Å². The van der Waals surface area contributed by atoms with Crippen molar-refractivity contribution >= 4 is 17.1 Å². The predicted molar refractivity (Wildman–Crippen MR) is 82.0 cm³/mol. The fourth-order valence-corrected chi connectivity index (χ4v) is 2.03. The Morgan fingerprint density at radius 2 is 2.14 bits per heavy atom. The lowest BCUT2D eigenvalue weighted by molar-refractivity contribution is -0.384. The average Bonchev–Trinajstić information content (AvgIpc) is 2.46. The molecule has 0 saturated carbocycles. The second kappa shape index (κ2) is 6.19. The van der Waals surface area contributed by atoms with Crippen LogP contribution in [-0.4, -0.2) is 17.0 Å². The summed E-state index contributed by atoms with van der Waals surface area (Å²) in [5.74, 6) is 5.36. The van der Waals surface area contributed by atoms with Gasteiger partial charge in [0.1, 0.15) is 0 Å². The zero-order valence-corrected chi connectivity index (χ0v) is 11.9. The molecule has 0 unspecified atom stereocenters. The molecule has 2 rings (SSSR count). The van der Waals surface area contributed by atoms with Gasteiger partial charge in [0, 0.05) is 30.6 Å².